The van der Waals surface area contributed by atoms with Crippen LogP contribution in [0.1, 0.15) is 30.5 Å². The van der Waals surface area contributed by atoms with Gasteiger partial charge in [-0.3, -0.25) is 0 Å². The molecule has 0 saturated heterocycles. The van der Waals surface area contributed by atoms with Crippen LogP contribution in [0.2, 0.25) is 0 Å². The molecule has 2 aliphatic rings. The molecule has 170 valence electrons. The fourth-order valence-electron chi connectivity index (χ4n) is 4.75. The summed E-state index contributed by atoms with van der Waals surface area (Å²) in [6.07, 6.45) is 16.2. The topological polar surface area (TPSA) is 20.0 Å². The van der Waals surface area contributed by atoms with Crippen molar-refractivity contribution < 1.29 is 4.57 Å². The van der Waals surface area contributed by atoms with E-state index in [9.17, 15) is 0 Å². The van der Waals surface area contributed by atoms with Gasteiger partial charge >= 0.3 is 0 Å². The summed E-state index contributed by atoms with van der Waals surface area (Å²) in [5, 5.41) is 0. The van der Waals surface area contributed by atoms with Crippen molar-refractivity contribution in [2.45, 2.75) is 31.8 Å². The molecule has 0 aliphatic heterocycles. The summed E-state index contributed by atoms with van der Waals surface area (Å²) in [5.74, 6) is 2.05. The van der Waals surface area contributed by atoms with Gasteiger partial charge in [0.15, 0.2) is 0 Å². The summed E-state index contributed by atoms with van der Waals surface area (Å²) in [5.41, 5.74) is 7.65. The molecular formula is C30H31N3P+. The Morgan fingerprint density at radius 2 is 1.76 bits per heavy atom. The molecule has 0 N–H and O–H groups in total. The molecule has 2 heterocycles. The minimum absolute atomic E-state index is 0.388. The van der Waals surface area contributed by atoms with E-state index in [0.29, 0.717) is 5.66 Å². The van der Waals surface area contributed by atoms with E-state index < -0.39 is 0 Å². The maximum absolute atomic E-state index is 5.19. The predicted octanol–water partition coefficient (Wildman–Crippen LogP) is 6.84. The number of aryl methyl sites for hydroxylation is 1. The zero-order valence-corrected chi connectivity index (χ0v) is 21.0. The Kier molecular flexibility index (Phi) is 6.56. The number of rotatable bonds is 5. The van der Waals surface area contributed by atoms with Crippen LogP contribution in [0.25, 0.3) is 16.8 Å². The lowest BCUT2D eigenvalue weighted by Crippen LogP contribution is -2.39. The molecule has 0 bridgehead atoms. The summed E-state index contributed by atoms with van der Waals surface area (Å²) in [6.45, 7) is 2.17. The zero-order chi connectivity index (χ0) is 23.5. The molecule has 3 aromatic rings. The third-order valence-electron chi connectivity index (χ3n) is 6.59. The van der Waals surface area contributed by atoms with Crippen LogP contribution in [-0.2, 0) is 7.05 Å². The second-order valence-corrected chi connectivity index (χ2v) is 9.68. The molecule has 3 nitrogen and oxygen atoms in total. The average molecular weight is 465 g/mol. The molecule has 4 heteroatoms. The number of anilines is 2. The van der Waals surface area contributed by atoms with Crippen molar-refractivity contribution in [2.75, 3.05) is 4.90 Å². The lowest BCUT2D eigenvalue weighted by atomic mass is 10.0. The fraction of sp³-hybridized carbons (Fsp3) is 0.200. The Bertz CT molecular complexity index is 1330. The van der Waals surface area contributed by atoms with E-state index in [1.807, 2.05) is 0 Å². The van der Waals surface area contributed by atoms with Crippen molar-refractivity contribution in [3.05, 3.63) is 114 Å². The van der Waals surface area contributed by atoms with Crippen LogP contribution in [0.3, 0.4) is 0 Å². The van der Waals surface area contributed by atoms with Crippen LogP contribution in [0.4, 0.5) is 11.6 Å². The van der Waals surface area contributed by atoms with Crippen molar-refractivity contribution in [1.29, 1.82) is 0 Å². The quantitative estimate of drug-likeness (QED) is 0.304. The maximum atomic E-state index is 5.19. The van der Waals surface area contributed by atoms with E-state index in [-0.39, 0.29) is 0 Å². The van der Waals surface area contributed by atoms with Crippen LogP contribution in [0.5, 0.6) is 0 Å². The zero-order valence-electron chi connectivity index (χ0n) is 19.9. The Morgan fingerprint density at radius 3 is 2.56 bits per heavy atom. The van der Waals surface area contributed by atoms with E-state index in [1.54, 1.807) is 0 Å². The minimum Gasteiger partial charge on any atom is -0.229 e. The van der Waals surface area contributed by atoms with Gasteiger partial charge in [0.2, 0.25) is 5.82 Å². The number of aromatic nitrogens is 2. The van der Waals surface area contributed by atoms with E-state index in [2.05, 4.69) is 130 Å². The predicted molar refractivity (Wildman–Crippen MR) is 146 cm³/mol. The van der Waals surface area contributed by atoms with Crippen LogP contribution >= 0.6 is 9.24 Å². The molecule has 1 aromatic carbocycles. The van der Waals surface area contributed by atoms with Gasteiger partial charge in [0.05, 0.1) is 12.7 Å². The van der Waals surface area contributed by atoms with Crippen LogP contribution < -0.4 is 9.47 Å². The van der Waals surface area contributed by atoms with Crippen LogP contribution in [-0.4, -0.2) is 10.6 Å². The number of nitrogens with zero attached hydrogens (tertiary/aromatic N) is 3. The SMILES string of the molecule is Cc1ccccc1-c1cccc(N(C2=CC=CCC2)c2cccc(C3=CC=CCC3P)n2)[n+]1C. The molecule has 0 radical (unpaired) electrons. The van der Waals surface area contributed by atoms with E-state index in [1.165, 1.54) is 28.1 Å². The number of hydrogen-bond acceptors (Lipinski definition) is 2. The van der Waals surface area contributed by atoms with Gasteiger partial charge in [0.1, 0.15) is 11.4 Å². The highest BCUT2D eigenvalue weighted by molar-refractivity contribution is 7.18. The first-order valence-corrected chi connectivity index (χ1v) is 12.6. The highest BCUT2D eigenvalue weighted by Crippen LogP contribution is 2.34. The summed E-state index contributed by atoms with van der Waals surface area (Å²) < 4.78 is 2.29. The molecule has 2 unspecified atom stereocenters. The molecule has 2 atom stereocenters. The Morgan fingerprint density at radius 1 is 0.941 bits per heavy atom. The molecule has 2 aliphatic carbocycles. The third kappa shape index (κ3) is 4.41. The Hall–Kier alpha value is -3.29. The molecule has 0 amide bonds. The standard InChI is InChI=1S/C30H31N3P/c1-22-12-6-7-15-24(22)27-18-11-21-30(32(27)2)33(23-13-4-3-5-14-23)29-20-10-17-26(31-29)25-16-8-9-19-28(25)34/h3-4,6-13,15-18,20-21,28H,5,14,19,34H2,1-2H3/q+1. The van der Waals surface area contributed by atoms with Gasteiger partial charge in [-0.25, -0.2) is 9.55 Å². The third-order valence-corrected chi connectivity index (χ3v) is 7.23. The van der Waals surface area contributed by atoms with Crippen LogP contribution in [0, 0.1) is 6.92 Å². The number of hydrogen-bond donors (Lipinski definition) is 0. The summed E-state index contributed by atoms with van der Waals surface area (Å²) >= 11 is 0. The number of pyridine rings is 2. The van der Waals surface area contributed by atoms with E-state index in [4.69, 9.17) is 4.98 Å². The molecule has 0 saturated carbocycles. The molecular weight excluding hydrogens is 433 g/mol. The molecule has 0 fully saturated rings. The number of allylic oxidation sites excluding steroid dienone is 8. The van der Waals surface area contributed by atoms with Crippen molar-refractivity contribution in [3.8, 4) is 11.3 Å². The summed E-state index contributed by atoms with van der Waals surface area (Å²) in [7, 11) is 5.12. The largest absolute Gasteiger partial charge is 0.288 e. The second kappa shape index (κ2) is 9.91. The smallest absolute Gasteiger partial charge is 0.229 e. The first-order chi connectivity index (χ1) is 16.6. The highest BCUT2D eigenvalue weighted by atomic mass is 31.0. The van der Waals surface area contributed by atoms with E-state index >= 15 is 0 Å². The minimum atomic E-state index is 0.388. The van der Waals surface area contributed by atoms with Gasteiger partial charge in [-0.2, -0.15) is 4.90 Å². The first kappa shape index (κ1) is 22.5. The Labute approximate surface area is 205 Å². The van der Waals surface area contributed by atoms with Gasteiger partial charge in [-0.05, 0) is 55.2 Å². The van der Waals surface area contributed by atoms with Crippen molar-refractivity contribution >= 4 is 26.4 Å². The fourth-order valence-corrected chi connectivity index (χ4v) is 5.19. The van der Waals surface area contributed by atoms with Gasteiger partial charge in [-0.15, -0.1) is 9.24 Å². The monoisotopic (exact) mass is 464 g/mol. The van der Waals surface area contributed by atoms with Crippen molar-refractivity contribution in [3.63, 3.8) is 0 Å². The van der Waals surface area contributed by atoms with Gasteiger partial charge in [-0.1, -0.05) is 60.7 Å². The molecule has 5 rings (SSSR count). The maximum Gasteiger partial charge on any atom is 0.288 e. The lowest BCUT2D eigenvalue weighted by molar-refractivity contribution is -0.647. The first-order valence-electron chi connectivity index (χ1n) is 11.9. The summed E-state index contributed by atoms with van der Waals surface area (Å²) in [4.78, 5) is 7.52. The van der Waals surface area contributed by atoms with Crippen LogP contribution in [0.15, 0.2) is 103 Å². The molecule has 0 spiro atoms. The molecule has 2 aromatic heterocycles. The van der Waals surface area contributed by atoms with Crippen molar-refractivity contribution in [1.82, 2.24) is 4.98 Å². The van der Waals surface area contributed by atoms with Crippen molar-refractivity contribution in [2.24, 2.45) is 7.05 Å². The molecule has 34 heavy (non-hydrogen) atoms. The average Bonchev–Trinajstić information content (AvgIpc) is 2.87. The van der Waals surface area contributed by atoms with Gasteiger partial charge in [0.25, 0.3) is 5.82 Å². The normalized spacial score (nSPS) is 17.3. The number of benzene rings is 1. The van der Waals surface area contributed by atoms with E-state index in [0.717, 1.165) is 36.6 Å². The van der Waals surface area contributed by atoms with Gasteiger partial charge in [0, 0.05) is 29.8 Å². The van der Waals surface area contributed by atoms with Gasteiger partial charge < -0.3 is 0 Å². The highest BCUT2D eigenvalue weighted by Gasteiger charge is 2.29. The lowest BCUT2D eigenvalue weighted by Gasteiger charge is -2.23. The Balaban J connectivity index is 1.66. The summed E-state index contributed by atoms with van der Waals surface area (Å²) in [6, 6.07) is 21.5. The second-order valence-electron chi connectivity index (χ2n) is 8.88.